The van der Waals surface area contributed by atoms with Gasteiger partial charge in [0.1, 0.15) is 28.9 Å². The number of rotatable bonds is 6. The quantitative estimate of drug-likeness (QED) is 0.589. The molecule has 1 N–H and O–H groups in total. The Balaban J connectivity index is 1.64. The van der Waals surface area contributed by atoms with E-state index in [4.69, 9.17) is 27.9 Å². The van der Waals surface area contributed by atoms with Crippen LogP contribution in [0.3, 0.4) is 0 Å². The number of carboxylic acids is 1. The van der Waals surface area contributed by atoms with Gasteiger partial charge < -0.3 is 14.7 Å². The Kier molecular flexibility index (Phi) is 6.08. The molecule has 1 saturated carbocycles. The third-order valence-electron chi connectivity index (χ3n) is 5.74. The van der Waals surface area contributed by atoms with Gasteiger partial charge in [0, 0.05) is 12.6 Å². The van der Waals surface area contributed by atoms with Crippen LogP contribution in [0.1, 0.15) is 66.1 Å². The zero-order valence-electron chi connectivity index (χ0n) is 16.8. The maximum Gasteiger partial charge on any atom is 0.326 e. The molecule has 9 heteroatoms. The topological polar surface area (TPSA) is 79.7 Å². The Bertz CT molecular complexity index is 1040. The fourth-order valence-corrected chi connectivity index (χ4v) is 4.29. The lowest BCUT2D eigenvalue weighted by molar-refractivity contribution is -0.141. The van der Waals surface area contributed by atoms with Crippen molar-refractivity contribution in [3.63, 3.8) is 0 Å². The molecule has 1 aromatic carbocycles. The van der Waals surface area contributed by atoms with Crippen LogP contribution < -0.4 is 4.74 Å². The van der Waals surface area contributed by atoms with Crippen molar-refractivity contribution in [1.82, 2.24) is 9.88 Å². The van der Waals surface area contributed by atoms with Crippen molar-refractivity contribution in [2.24, 2.45) is 0 Å². The molecular weight excluding hydrogens is 446 g/mol. The van der Waals surface area contributed by atoms with Gasteiger partial charge in [0.15, 0.2) is 0 Å². The van der Waals surface area contributed by atoms with Crippen molar-refractivity contribution < 1.29 is 23.8 Å². The second-order valence-electron chi connectivity index (χ2n) is 7.93. The predicted molar refractivity (Wildman–Crippen MR) is 113 cm³/mol. The number of aliphatic carboxylic acids is 1. The smallest absolute Gasteiger partial charge is 0.326 e. The first-order valence-electron chi connectivity index (χ1n) is 10.1. The lowest BCUT2D eigenvalue weighted by Crippen LogP contribution is -2.40. The molecule has 1 amide bonds. The van der Waals surface area contributed by atoms with Crippen molar-refractivity contribution in [2.45, 2.75) is 50.7 Å². The van der Waals surface area contributed by atoms with Gasteiger partial charge in [-0.15, -0.1) is 0 Å². The van der Waals surface area contributed by atoms with Gasteiger partial charge in [0.25, 0.3) is 5.91 Å². The number of halogens is 3. The van der Waals surface area contributed by atoms with Gasteiger partial charge in [-0.05, 0) is 61.8 Å². The van der Waals surface area contributed by atoms with E-state index in [0.717, 1.165) is 18.4 Å². The number of hydrogen-bond acceptors (Lipinski definition) is 4. The highest BCUT2D eigenvalue weighted by Gasteiger charge is 2.37. The van der Waals surface area contributed by atoms with E-state index in [0.29, 0.717) is 30.7 Å². The minimum atomic E-state index is -1.07. The molecule has 0 radical (unpaired) electrons. The second-order valence-corrected chi connectivity index (χ2v) is 8.70. The molecule has 1 aliphatic carbocycles. The number of ether oxygens (including phenoxy) is 1. The van der Waals surface area contributed by atoms with Gasteiger partial charge in [0.05, 0.1) is 16.8 Å². The van der Waals surface area contributed by atoms with Crippen LogP contribution in [0.2, 0.25) is 10.2 Å². The summed E-state index contributed by atoms with van der Waals surface area (Å²) in [6.07, 6.45) is 3.75. The third kappa shape index (κ3) is 4.48. The monoisotopic (exact) mass is 466 g/mol. The summed E-state index contributed by atoms with van der Waals surface area (Å²) in [5.41, 5.74) is 1.39. The van der Waals surface area contributed by atoms with E-state index in [1.807, 2.05) is 0 Å². The molecule has 2 aliphatic rings. The minimum absolute atomic E-state index is 0.0952. The molecule has 1 aromatic heterocycles. The number of carboxylic acid groups (broad SMARTS) is 1. The summed E-state index contributed by atoms with van der Waals surface area (Å²) in [4.78, 5) is 29.6. The van der Waals surface area contributed by atoms with Crippen LogP contribution in [0.15, 0.2) is 24.4 Å². The normalized spacial score (nSPS) is 19.4. The molecule has 2 heterocycles. The zero-order valence-corrected chi connectivity index (χ0v) is 18.3. The number of hydrogen-bond donors (Lipinski definition) is 1. The average molecular weight is 467 g/mol. The van der Waals surface area contributed by atoms with Crippen LogP contribution >= 0.6 is 23.2 Å². The number of aromatic nitrogens is 1. The van der Waals surface area contributed by atoms with Crippen molar-refractivity contribution in [3.05, 3.63) is 57.1 Å². The first-order chi connectivity index (χ1) is 14.8. The molecule has 0 spiro atoms. The molecule has 2 aromatic rings. The Hall–Kier alpha value is -2.38. The van der Waals surface area contributed by atoms with Gasteiger partial charge in [0.2, 0.25) is 0 Å². The van der Waals surface area contributed by atoms with E-state index in [-0.39, 0.29) is 21.7 Å². The van der Waals surface area contributed by atoms with Gasteiger partial charge in [-0.3, -0.25) is 4.79 Å². The summed E-state index contributed by atoms with van der Waals surface area (Å²) in [5, 5.41) is 9.78. The standard InChI is InChI=1S/C22H21Cl2FN2O4/c1-11(31-13-7-17(23)20(24)26-10-13)14-9-18(25)16(8-15(14)12-4-5-12)21(28)27-6-2-3-19(27)22(29)30/h7-12,19H,2-6H2,1H3,(H,29,30)/t11-,19+/m1/s1. The number of carbonyl (C=O) groups excluding carboxylic acids is 1. The molecule has 0 unspecified atom stereocenters. The fourth-order valence-electron chi connectivity index (χ4n) is 4.03. The highest BCUT2D eigenvalue weighted by atomic mass is 35.5. The van der Waals surface area contributed by atoms with Crippen molar-refractivity contribution in [1.29, 1.82) is 0 Å². The molecule has 2 fully saturated rings. The molecule has 6 nitrogen and oxygen atoms in total. The van der Waals surface area contributed by atoms with E-state index in [1.54, 1.807) is 13.0 Å². The van der Waals surface area contributed by atoms with Crippen LogP contribution in [-0.4, -0.2) is 39.5 Å². The van der Waals surface area contributed by atoms with Crippen LogP contribution in [-0.2, 0) is 4.79 Å². The SMILES string of the molecule is C[C@@H](Oc1cnc(Cl)c(Cl)c1)c1cc(F)c(C(=O)N2CCC[C@H]2C(=O)O)cc1C1CC1. The molecule has 1 saturated heterocycles. The lowest BCUT2D eigenvalue weighted by Gasteiger charge is -2.24. The molecular formula is C22H21Cl2FN2O4. The predicted octanol–water partition coefficient (Wildman–Crippen LogP) is 5.23. The van der Waals surface area contributed by atoms with Crippen molar-refractivity contribution in [2.75, 3.05) is 6.54 Å². The Morgan fingerprint density at radius 2 is 2.00 bits per heavy atom. The number of benzene rings is 1. The first-order valence-corrected chi connectivity index (χ1v) is 10.9. The van der Waals surface area contributed by atoms with Gasteiger partial charge >= 0.3 is 5.97 Å². The average Bonchev–Trinajstić information content (AvgIpc) is 3.45. The summed E-state index contributed by atoms with van der Waals surface area (Å²) in [6.45, 7) is 2.09. The van der Waals surface area contributed by atoms with Crippen molar-refractivity contribution >= 4 is 35.1 Å². The maximum atomic E-state index is 15.1. The largest absolute Gasteiger partial charge is 0.484 e. The number of pyridine rings is 1. The maximum absolute atomic E-state index is 15.1. The van der Waals surface area contributed by atoms with E-state index in [1.165, 1.54) is 23.2 Å². The summed E-state index contributed by atoms with van der Waals surface area (Å²) >= 11 is 11.8. The summed E-state index contributed by atoms with van der Waals surface area (Å²) < 4.78 is 21.0. The van der Waals surface area contributed by atoms with Crippen LogP contribution in [0, 0.1) is 5.82 Å². The Morgan fingerprint density at radius 1 is 1.26 bits per heavy atom. The van der Waals surface area contributed by atoms with Crippen molar-refractivity contribution in [3.8, 4) is 5.75 Å². The Morgan fingerprint density at radius 3 is 2.65 bits per heavy atom. The Labute approximate surface area is 188 Å². The number of nitrogens with zero attached hydrogens (tertiary/aromatic N) is 2. The van der Waals surface area contributed by atoms with Gasteiger partial charge in [-0.25, -0.2) is 14.2 Å². The zero-order chi connectivity index (χ0) is 22.3. The van der Waals surface area contributed by atoms with Crippen LogP contribution in [0.5, 0.6) is 5.75 Å². The second kappa shape index (κ2) is 8.63. The molecule has 4 rings (SSSR count). The lowest BCUT2D eigenvalue weighted by atomic mass is 9.95. The third-order valence-corrected chi connectivity index (χ3v) is 6.43. The first kappa shape index (κ1) is 21.8. The molecule has 164 valence electrons. The van der Waals surface area contributed by atoms with Crippen LogP contribution in [0.25, 0.3) is 0 Å². The van der Waals surface area contributed by atoms with E-state index in [2.05, 4.69) is 4.98 Å². The highest BCUT2D eigenvalue weighted by molar-refractivity contribution is 6.41. The van der Waals surface area contributed by atoms with E-state index in [9.17, 15) is 14.7 Å². The van der Waals surface area contributed by atoms with E-state index >= 15 is 4.39 Å². The van der Waals surface area contributed by atoms with Crippen LogP contribution in [0.4, 0.5) is 4.39 Å². The summed E-state index contributed by atoms with van der Waals surface area (Å²) in [6, 6.07) is 3.51. The number of likely N-dealkylation sites (tertiary alicyclic amines) is 1. The molecule has 31 heavy (non-hydrogen) atoms. The summed E-state index contributed by atoms with van der Waals surface area (Å²) in [5.74, 6) is -1.73. The molecule has 1 aliphatic heterocycles. The molecule has 0 bridgehead atoms. The number of amides is 1. The van der Waals surface area contributed by atoms with Gasteiger partial charge in [-0.1, -0.05) is 23.2 Å². The summed E-state index contributed by atoms with van der Waals surface area (Å²) in [7, 11) is 0. The molecule has 2 atom stereocenters. The van der Waals surface area contributed by atoms with Gasteiger partial charge in [-0.2, -0.15) is 0 Å². The van der Waals surface area contributed by atoms with E-state index < -0.39 is 29.8 Å². The highest BCUT2D eigenvalue weighted by Crippen LogP contribution is 2.44. The number of carbonyl (C=O) groups is 2. The minimum Gasteiger partial charge on any atom is -0.484 e. The fraction of sp³-hybridized carbons (Fsp3) is 0.409.